The minimum atomic E-state index is -3.96. The molecule has 8 nitrogen and oxygen atoms in total. The number of furan rings is 1. The summed E-state index contributed by atoms with van der Waals surface area (Å²) in [7, 11) is -3.96. The van der Waals surface area contributed by atoms with E-state index >= 15 is 0 Å². The van der Waals surface area contributed by atoms with Crippen molar-refractivity contribution in [2.75, 3.05) is 0 Å². The number of rotatable bonds is 10. The topological polar surface area (TPSA) is 126 Å². The van der Waals surface area contributed by atoms with Crippen LogP contribution in [0.2, 0.25) is 10.0 Å². The molecule has 0 aliphatic heterocycles. The van der Waals surface area contributed by atoms with Gasteiger partial charge < -0.3 is 14.8 Å². The van der Waals surface area contributed by atoms with Crippen molar-refractivity contribution in [1.29, 1.82) is 0 Å². The number of sulfonamides is 1. The summed E-state index contributed by atoms with van der Waals surface area (Å²) in [4.78, 5) is 24.4. The van der Waals surface area contributed by atoms with E-state index in [0.29, 0.717) is 0 Å². The Balaban J connectivity index is 1.37. The Morgan fingerprint density at radius 2 is 1.50 bits per heavy atom. The van der Waals surface area contributed by atoms with Gasteiger partial charge in [0, 0.05) is 16.5 Å². The highest BCUT2D eigenvalue weighted by atomic mass is 35.5. The van der Waals surface area contributed by atoms with Crippen molar-refractivity contribution < 1.29 is 27.5 Å². The second kappa shape index (κ2) is 11.8. The Hall–Kier alpha value is -3.63. The lowest BCUT2D eigenvalue weighted by molar-refractivity contribution is -0.139. The number of carbonyl (C=O) groups excluding carboxylic acids is 1. The van der Waals surface area contributed by atoms with Crippen LogP contribution < -0.4 is 10.0 Å². The first-order valence-electron chi connectivity index (χ1n) is 11.3. The molecule has 38 heavy (non-hydrogen) atoms. The van der Waals surface area contributed by atoms with Crippen molar-refractivity contribution in [3.8, 4) is 11.1 Å². The van der Waals surface area contributed by atoms with E-state index in [0.717, 1.165) is 16.7 Å². The van der Waals surface area contributed by atoms with Crippen molar-refractivity contribution >= 4 is 45.1 Å². The van der Waals surface area contributed by atoms with Gasteiger partial charge in [0.05, 0.1) is 11.4 Å². The van der Waals surface area contributed by atoms with Crippen LogP contribution in [0, 0.1) is 0 Å². The molecule has 1 atom stereocenters. The third-order valence-electron chi connectivity index (χ3n) is 5.57. The zero-order valence-corrected chi connectivity index (χ0v) is 22.1. The maximum Gasteiger partial charge on any atom is 0.326 e. The van der Waals surface area contributed by atoms with Crippen LogP contribution in [0.3, 0.4) is 0 Å². The van der Waals surface area contributed by atoms with Crippen LogP contribution >= 0.6 is 23.2 Å². The first-order valence-corrected chi connectivity index (χ1v) is 13.6. The molecule has 0 saturated heterocycles. The Labute approximate surface area is 229 Å². The second-order valence-corrected chi connectivity index (χ2v) is 11.0. The summed E-state index contributed by atoms with van der Waals surface area (Å²) < 4.78 is 32.8. The zero-order valence-electron chi connectivity index (χ0n) is 19.7. The van der Waals surface area contributed by atoms with Crippen molar-refractivity contribution in [1.82, 2.24) is 10.0 Å². The molecule has 0 unspecified atom stereocenters. The number of hydrogen-bond acceptors (Lipinski definition) is 5. The summed E-state index contributed by atoms with van der Waals surface area (Å²) >= 11 is 11.8. The van der Waals surface area contributed by atoms with E-state index in [1.165, 1.54) is 30.3 Å². The standard InChI is InChI=1S/C27H22Cl2N2O6S/c28-20-13-21(29)15-23(14-20)38(35,36)30-16-22-10-11-25(37-22)26(32)31-24(27(33)34)12-17-6-8-19(9-7-17)18-4-2-1-3-5-18/h1-11,13-15,24,30H,12,16H2,(H,31,32)(H,33,34)/t24-/m0/s1. The number of aliphatic carboxylic acids is 1. The predicted octanol–water partition coefficient (Wildman–Crippen LogP) is 5.16. The van der Waals surface area contributed by atoms with Gasteiger partial charge in [-0.3, -0.25) is 4.79 Å². The summed E-state index contributed by atoms with van der Waals surface area (Å²) in [6, 6.07) is 22.6. The fourth-order valence-corrected chi connectivity index (χ4v) is 5.38. The van der Waals surface area contributed by atoms with Gasteiger partial charge in [0.25, 0.3) is 5.91 Å². The molecule has 0 saturated carbocycles. The lowest BCUT2D eigenvalue weighted by Crippen LogP contribution is -2.42. The van der Waals surface area contributed by atoms with Gasteiger partial charge in [-0.25, -0.2) is 17.9 Å². The van der Waals surface area contributed by atoms with E-state index < -0.39 is 27.9 Å². The SMILES string of the molecule is O=C(N[C@@H](Cc1ccc(-c2ccccc2)cc1)C(=O)O)c1ccc(CNS(=O)(=O)c2cc(Cl)cc(Cl)c2)o1. The molecular formula is C27H22Cl2N2O6S. The molecule has 1 amide bonds. The minimum Gasteiger partial charge on any atom is -0.480 e. The smallest absolute Gasteiger partial charge is 0.326 e. The highest BCUT2D eigenvalue weighted by Crippen LogP contribution is 2.23. The molecule has 3 N–H and O–H groups in total. The molecule has 4 aromatic rings. The number of nitrogens with one attached hydrogen (secondary N) is 2. The van der Waals surface area contributed by atoms with Gasteiger partial charge in [-0.15, -0.1) is 0 Å². The molecule has 3 aromatic carbocycles. The monoisotopic (exact) mass is 572 g/mol. The van der Waals surface area contributed by atoms with Crippen LogP contribution in [0.5, 0.6) is 0 Å². The number of benzene rings is 3. The average Bonchev–Trinajstić information content (AvgIpc) is 3.37. The maximum atomic E-state index is 12.7. The number of carbonyl (C=O) groups is 2. The van der Waals surface area contributed by atoms with Crippen molar-refractivity contribution in [3.63, 3.8) is 0 Å². The maximum absolute atomic E-state index is 12.7. The van der Waals surface area contributed by atoms with Crippen LogP contribution in [-0.4, -0.2) is 31.4 Å². The zero-order chi connectivity index (χ0) is 27.3. The summed E-state index contributed by atoms with van der Waals surface area (Å²) in [5.74, 6) is -1.95. The Kier molecular flexibility index (Phi) is 8.53. The highest BCUT2D eigenvalue weighted by molar-refractivity contribution is 7.89. The van der Waals surface area contributed by atoms with Crippen LogP contribution in [-0.2, 0) is 27.8 Å². The van der Waals surface area contributed by atoms with Crippen molar-refractivity contribution in [2.45, 2.75) is 23.9 Å². The molecule has 1 heterocycles. The number of carboxylic acid groups (broad SMARTS) is 1. The van der Waals surface area contributed by atoms with Crippen LogP contribution in [0.15, 0.2) is 94.2 Å². The number of carboxylic acids is 1. The summed E-state index contributed by atoms with van der Waals surface area (Å²) in [5.41, 5.74) is 2.75. The van der Waals surface area contributed by atoms with E-state index in [1.807, 2.05) is 54.6 Å². The Morgan fingerprint density at radius 1 is 0.868 bits per heavy atom. The summed E-state index contributed by atoms with van der Waals surface area (Å²) in [6.07, 6.45) is 0.0612. The van der Waals surface area contributed by atoms with Crippen molar-refractivity contribution in [3.05, 3.63) is 112 Å². The fraction of sp³-hybridized carbons (Fsp3) is 0.111. The second-order valence-electron chi connectivity index (χ2n) is 8.33. The number of amides is 1. The molecule has 196 valence electrons. The van der Waals surface area contributed by atoms with Crippen LogP contribution in [0.25, 0.3) is 11.1 Å². The van der Waals surface area contributed by atoms with E-state index in [4.69, 9.17) is 27.6 Å². The Bertz CT molecular complexity index is 1530. The molecule has 0 fully saturated rings. The molecule has 0 spiro atoms. The first kappa shape index (κ1) is 27.4. The van der Waals surface area contributed by atoms with E-state index in [9.17, 15) is 23.1 Å². The molecule has 0 aliphatic rings. The van der Waals surface area contributed by atoms with Gasteiger partial charge in [-0.05, 0) is 47.0 Å². The molecule has 1 aromatic heterocycles. The fourth-order valence-electron chi connectivity index (χ4n) is 3.66. The third kappa shape index (κ3) is 7.02. The van der Waals surface area contributed by atoms with E-state index in [2.05, 4.69) is 10.0 Å². The summed E-state index contributed by atoms with van der Waals surface area (Å²) in [5, 5.41) is 12.4. The lowest BCUT2D eigenvalue weighted by Gasteiger charge is -2.14. The highest BCUT2D eigenvalue weighted by Gasteiger charge is 2.23. The molecular weight excluding hydrogens is 551 g/mol. The average molecular weight is 573 g/mol. The normalized spacial score (nSPS) is 12.2. The molecule has 0 aliphatic carbocycles. The van der Waals surface area contributed by atoms with Crippen LogP contribution in [0.4, 0.5) is 0 Å². The number of halogens is 2. The Morgan fingerprint density at radius 3 is 2.13 bits per heavy atom. The van der Waals surface area contributed by atoms with E-state index in [-0.39, 0.29) is 39.4 Å². The van der Waals surface area contributed by atoms with Crippen LogP contribution in [0.1, 0.15) is 21.9 Å². The van der Waals surface area contributed by atoms with Gasteiger partial charge in [-0.1, -0.05) is 77.8 Å². The molecule has 0 radical (unpaired) electrons. The largest absolute Gasteiger partial charge is 0.480 e. The van der Waals surface area contributed by atoms with Gasteiger partial charge in [0.1, 0.15) is 11.8 Å². The lowest BCUT2D eigenvalue weighted by atomic mass is 10.0. The molecule has 11 heteroatoms. The van der Waals surface area contributed by atoms with Gasteiger partial charge >= 0.3 is 5.97 Å². The first-order chi connectivity index (χ1) is 18.1. The van der Waals surface area contributed by atoms with Gasteiger partial charge in [-0.2, -0.15) is 0 Å². The van der Waals surface area contributed by atoms with Gasteiger partial charge in [0.15, 0.2) is 5.76 Å². The van der Waals surface area contributed by atoms with E-state index in [1.54, 1.807) is 0 Å². The van der Waals surface area contributed by atoms with Crippen molar-refractivity contribution in [2.24, 2.45) is 0 Å². The molecule has 0 bridgehead atoms. The van der Waals surface area contributed by atoms with Gasteiger partial charge in [0.2, 0.25) is 10.0 Å². The number of hydrogen-bond donors (Lipinski definition) is 3. The minimum absolute atomic E-state index is 0.0612. The summed E-state index contributed by atoms with van der Waals surface area (Å²) in [6.45, 7) is -0.254. The quantitative estimate of drug-likeness (QED) is 0.241. The predicted molar refractivity (Wildman–Crippen MR) is 144 cm³/mol. The third-order valence-corrected chi connectivity index (χ3v) is 7.39. The molecule has 4 rings (SSSR count).